The van der Waals surface area contributed by atoms with Crippen LogP contribution in [0.25, 0.3) is 0 Å². The van der Waals surface area contributed by atoms with Crippen LogP contribution in [-0.2, 0) is 0 Å². The van der Waals surface area contributed by atoms with Crippen molar-refractivity contribution in [3.8, 4) is 0 Å². The monoisotopic (exact) mass is 194 g/mol. The molecule has 0 atom stereocenters. The van der Waals surface area contributed by atoms with Crippen molar-refractivity contribution < 1.29 is 0 Å². The summed E-state index contributed by atoms with van der Waals surface area (Å²) >= 11 is 0. The van der Waals surface area contributed by atoms with E-state index >= 15 is 0 Å². The van der Waals surface area contributed by atoms with Gasteiger partial charge in [0, 0.05) is 0 Å². The summed E-state index contributed by atoms with van der Waals surface area (Å²) in [6.45, 7) is 14.2. The number of hydrogen-bond acceptors (Lipinski definition) is 0. The Labute approximate surface area is 89.8 Å². The minimum absolute atomic E-state index is 0.442. The van der Waals surface area contributed by atoms with Crippen LogP contribution in [0.5, 0.6) is 0 Å². The van der Waals surface area contributed by atoms with E-state index in [0.717, 1.165) is 0 Å². The quantitative estimate of drug-likeness (QED) is 0.546. The molecule has 0 fully saturated rings. The maximum Gasteiger partial charge on any atom is -0.00930 e. The third-order valence-electron chi connectivity index (χ3n) is 4.96. The summed E-state index contributed by atoms with van der Waals surface area (Å²) in [4.78, 5) is 0. The van der Waals surface area contributed by atoms with Gasteiger partial charge in [0.2, 0.25) is 0 Å². The van der Waals surface area contributed by atoms with E-state index in [2.05, 4.69) is 41.5 Å². The smallest absolute Gasteiger partial charge is 0.00930 e. The molecule has 0 saturated carbocycles. The fourth-order valence-electron chi connectivity index (χ4n) is 2.97. The Kier molecular flexibility index (Phi) is 3.13. The Morgan fingerprint density at radius 3 is 1.86 bits per heavy atom. The molecule has 0 bridgehead atoms. The van der Waals surface area contributed by atoms with Crippen molar-refractivity contribution in [2.24, 2.45) is 10.8 Å². The zero-order valence-electron chi connectivity index (χ0n) is 10.8. The van der Waals surface area contributed by atoms with Gasteiger partial charge in [-0.15, -0.1) is 0 Å². The summed E-state index contributed by atoms with van der Waals surface area (Å²) in [5.41, 5.74) is 4.29. The standard InChI is InChI=1S/C14H26/c1-7-14(8-2)10-9-13(5,6)11(3)12(14)4/h7-10H2,1-6H3. The fraction of sp³-hybridized carbons (Fsp3) is 0.857. The second-order valence-corrected chi connectivity index (χ2v) is 5.62. The maximum atomic E-state index is 2.39. The van der Waals surface area contributed by atoms with E-state index in [9.17, 15) is 0 Å². The van der Waals surface area contributed by atoms with E-state index in [1.807, 2.05) is 0 Å². The van der Waals surface area contributed by atoms with Gasteiger partial charge in [-0.2, -0.15) is 0 Å². The van der Waals surface area contributed by atoms with Gasteiger partial charge < -0.3 is 0 Å². The first-order valence-electron chi connectivity index (χ1n) is 6.08. The van der Waals surface area contributed by atoms with Gasteiger partial charge in [-0.25, -0.2) is 0 Å². The van der Waals surface area contributed by atoms with Crippen LogP contribution >= 0.6 is 0 Å². The van der Waals surface area contributed by atoms with E-state index in [1.54, 1.807) is 11.1 Å². The first-order chi connectivity index (χ1) is 6.39. The van der Waals surface area contributed by atoms with E-state index in [4.69, 9.17) is 0 Å². The molecule has 82 valence electrons. The third-order valence-corrected chi connectivity index (χ3v) is 4.96. The molecular formula is C14H26. The van der Waals surface area contributed by atoms with Crippen LogP contribution in [0.2, 0.25) is 0 Å². The molecular weight excluding hydrogens is 168 g/mol. The normalized spacial score (nSPS) is 25.3. The SMILES string of the molecule is CCC1(CC)CCC(C)(C)C(C)=C1C. The molecule has 0 aromatic heterocycles. The molecule has 0 spiro atoms. The maximum absolute atomic E-state index is 2.39. The van der Waals surface area contributed by atoms with Crippen LogP contribution in [0.15, 0.2) is 11.1 Å². The van der Waals surface area contributed by atoms with Gasteiger partial charge in [0.15, 0.2) is 0 Å². The molecule has 1 aliphatic rings. The van der Waals surface area contributed by atoms with E-state index < -0.39 is 0 Å². The van der Waals surface area contributed by atoms with E-state index in [-0.39, 0.29) is 0 Å². The zero-order chi connectivity index (χ0) is 11.0. The fourth-order valence-corrected chi connectivity index (χ4v) is 2.97. The number of hydrogen-bond donors (Lipinski definition) is 0. The molecule has 0 aliphatic heterocycles. The first-order valence-corrected chi connectivity index (χ1v) is 6.08. The average Bonchev–Trinajstić information content (AvgIpc) is 2.17. The van der Waals surface area contributed by atoms with Crippen LogP contribution < -0.4 is 0 Å². The minimum atomic E-state index is 0.442. The highest BCUT2D eigenvalue weighted by molar-refractivity contribution is 5.27. The van der Waals surface area contributed by atoms with Gasteiger partial charge in [0.25, 0.3) is 0 Å². The summed E-state index contributed by atoms with van der Waals surface area (Å²) < 4.78 is 0. The molecule has 0 heteroatoms. The molecule has 0 aromatic carbocycles. The molecule has 0 nitrogen and oxygen atoms in total. The van der Waals surface area contributed by atoms with Gasteiger partial charge in [-0.3, -0.25) is 0 Å². The second kappa shape index (κ2) is 3.72. The number of allylic oxidation sites excluding steroid dienone is 2. The van der Waals surface area contributed by atoms with Gasteiger partial charge in [0.1, 0.15) is 0 Å². The van der Waals surface area contributed by atoms with Gasteiger partial charge in [0.05, 0.1) is 0 Å². The molecule has 0 amide bonds. The molecule has 0 aromatic rings. The average molecular weight is 194 g/mol. The van der Waals surface area contributed by atoms with Gasteiger partial charge in [-0.1, -0.05) is 38.8 Å². The van der Waals surface area contributed by atoms with Crippen molar-refractivity contribution in [3.63, 3.8) is 0 Å². The number of rotatable bonds is 2. The van der Waals surface area contributed by atoms with E-state index in [1.165, 1.54) is 25.7 Å². The predicted octanol–water partition coefficient (Wildman–Crippen LogP) is 4.95. The summed E-state index contributed by atoms with van der Waals surface area (Å²) in [5, 5.41) is 0. The molecule has 1 aliphatic carbocycles. The zero-order valence-corrected chi connectivity index (χ0v) is 10.8. The third kappa shape index (κ3) is 1.64. The van der Waals surface area contributed by atoms with Gasteiger partial charge >= 0.3 is 0 Å². The van der Waals surface area contributed by atoms with Crippen molar-refractivity contribution in [2.45, 2.75) is 67.2 Å². The summed E-state index contributed by atoms with van der Waals surface area (Å²) in [5.74, 6) is 0. The topological polar surface area (TPSA) is 0 Å². The van der Waals surface area contributed by atoms with Crippen LogP contribution in [0.3, 0.4) is 0 Å². The lowest BCUT2D eigenvalue weighted by molar-refractivity contribution is 0.210. The van der Waals surface area contributed by atoms with Crippen molar-refractivity contribution in [3.05, 3.63) is 11.1 Å². The lowest BCUT2D eigenvalue weighted by Crippen LogP contribution is -2.32. The highest BCUT2D eigenvalue weighted by Gasteiger charge is 2.38. The molecule has 0 unspecified atom stereocenters. The Balaban J connectivity index is 3.14. The van der Waals surface area contributed by atoms with Crippen LogP contribution in [0, 0.1) is 10.8 Å². The lowest BCUT2D eigenvalue weighted by atomic mass is 9.60. The van der Waals surface area contributed by atoms with Crippen molar-refractivity contribution in [1.82, 2.24) is 0 Å². The Morgan fingerprint density at radius 2 is 1.43 bits per heavy atom. The second-order valence-electron chi connectivity index (χ2n) is 5.62. The first kappa shape index (κ1) is 11.8. The van der Waals surface area contributed by atoms with Crippen LogP contribution in [0.1, 0.15) is 67.2 Å². The molecule has 1 rings (SSSR count). The van der Waals surface area contributed by atoms with Crippen molar-refractivity contribution in [1.29, 1.82) is 0 Å². The van der Waals surface area contributed by atoms with Crippen LogP contribution in [0.4, 0.5) is 0 Å². The Morgan fingerprint density at radius 1 is 0.929 bits per heavy atom. The largest absolute Gasteiger partial charge is 0.0682 e. The Bertz CT molecular complexity index is 239. The molecule has 0 N–H and O–H groups in total. The molecule has 0 heterocycles. The van der Waals surface area contributed by atoms with Crippen molar-refractivity contribution in [2.75, 3.05) is 0 Å². The molecule has 14 heavy (non-hydrogen) atoms. The summed E-state index contributed by atoms with van der Waals surface area (Å²) in [7, 11) is 0. The predicted molar refractivity (Wildman–Crippen MR) is 64.4 cm³/mol. The Hall–Kier alpha value is -0.260. The lowest BCUT2D eigenvalue weighted by Gasteiger charge is -2.45. The van der Waals surface area contributed by atoms with Crippen molar-refractivity contribution >= 4 is 0 Å². The summed E-state index contributed by atoms with van der Waals surface area (Å²) in [6.07, 6.45) is 5.36. The van der Waals surface area contributed by atoms with Gasteiger partial charge in [-0.05, 0) is 50.4 Å². The highest BCUT2D eigenvalue weighted by atomic mass is 14.4. The minimum Gasteiger partial charge on any atom is -0.0682 e. The summed E-state index contributed by atoms with van der Waals surface area (Å²) in [6, 6.07) is 0. The molecule has 0 radical (unpaired) electrons. The molecule has 0 saturated heterocycles. The highest BCUT2D eigenvalue weighted by Crippen LogP contribution is 2.51. The van der Waals surface area contributed by atoms with Crippen LogP contribution in [-0.4, -0.2) is 0 Å². The van der Waals surface area contributed by atoms with E-state index in [0.29, 0.717) is 10.8 Å².